The topological polar surface area (TPSA) is 229 Å². The molecule has 0 bridgehead atoms. The number of aldehydes is 2. The van der Waals surface area contributed by atoms with Crippen LogP contribution in [0.25, 0.3) is 36.8 Å². The van der Waals surface area contributed by atoms with E-state index in [9.17, 15) is 14.7 Å². The van der Waals surface area contributed by atoms with Crippen LogP contribution in [0.1, 0.15) is 150 Å². The van der Waals surface area contributed by atoms with Crippen LogP contribution < -0.4 is 5.46 Å². The number of pyridine rings is 3. The number of aliphatic hydroxyl groups is 5. The number of nitrogens with zero attached hydrogens (tertiary/aromatic N) is 7. The summed E-state index contributed by atoms with van der Waals surface area (Å²) in [5, 5.41) is 54.7. The van der Waals surface area contributed by atoms with Crippen LogP contribution in [-0.2, 0) is 9.31 Å². The molecule has 1 unspecified atom stereocenters. The molecule has 21 heteroatoms. The van der Waals surface area contributed by atoms with Crippen LogP contribution in [0.2, 0.25) is 0 Å². The molecule has 1 fully saturated rings. The van der Waals surface area contributed by atoms with E-state index >= 15 is 0 Å². The number of nitriles is 1. The van der Waals surface area contributed by atoms with Gasteiger partial charge in [0.1, 0.15) is 0 Å². The molecular formula is C69H80B3Br2N7O9. The average Bonchev–Trinajstić information content (AvgIpc) is 1.80. The molecule has 7 aromatic rings. The molecule has 4 aromatic carbocycles. The van der Waals surface area contributed by atoms with Crippen molar-refractivity contribution in [2.24, 2.45) is 0 Å². The Morgan fingerprint density at radius 3 is 1.32 bits per heavy atom. The van der Waals surface area contributed by atoms with Crippen LogP contribution in [0.3, 0.4) is 0 Å². The second kappa shape index (κ2) is 36.4. The van der Waals surface area contributed by atoms with E-state index in [1.165, 1.54) is 0 Å². The first kappa shape index (κ1) is 80.5. The van der Waals surface area contributed by atoms with Crippen molar-refractivity contribution in [3.05, 3.63) is 216 Å². The van der Waals surface area contributed by atoms with Crippen molar-refractivity contribution in [3.8, 4) is 28.3 Å². The van der Waals surface area contributed by atoms with Gasteiger partial charge in [-0.1, -0.05) is 70.5 Å². The Kier molecular flexibility index (Phi) is 32.5. The Balaban J connectivity index is 0.000000537. The molecule has 468 valence electrons. The smallest absolute Gasteiger partial charge is 0.399 e. The van der Waals surface area contributed by atoms with Gasteiger partial charge in [-0.05, 0) is 214 Å². The summed E-state index contributed by atoms with van der Waals surface area (Å²) in [4.78, 5) is 43.3. The lowest BCUT2D eigenvalue weighted by Crippen LogP contribution is -2.44. The fraction of sp³-hybridized carbons (Fsp3) is 0.348. The molecule has 1 saturated heterocycles. The molecule has 0 spiro atoms. The third-order valence-electron chi connectivity index (χ3n) is 14.6. The van der Waals surface area contributed by atoms with Gasteiger partial charge in [-0.3, -0.25) is 24.5 Å². The standard InChI is InChI=1S/C15H14N2O.C14H18BNO2.C14H10N2O.C8H6BrN.C6H4BrNO.2C6H14O2.B2/c1-10-8-12(4-5-15(10)16-3)14-9-17-7-6-13(14)11(2)18;1-10-9-11(7-8-12(10)16-6)15-17-13(2,3)14(4,5)18-15;1-10-7-11(3-4-14(10)15-2)13-8-16-6-5-12(13)9-17;1-6-4-8(9)3-2-7(6)5-10;7-6-3-8-2-1-5(6)4-9;2*1-5(2,7)6(3,4)8;1-2/h4-9,11,18H,1-2H3;7-9H,1-5H3;3-9H,1H3;2-4H,1H3;1-4H;2*7-8H,1-4H3;. The van der Waals surface area contributed by atoms with Crippen LogP contribution >= 0.6 is 31.9 Å². The van der Waals surface area contributed by atoms with E-state index < -0.39 is 28.5 Å². The monoisotopic (exact) mass is 1340 g/mol. The molecule has 8 rings (SSSR count). The molecule has 3 aromatic heterocycles. The maximum atomic E-state index is 10.9. The number of hydrogen-bond donors (Lipinski definition) is 5. The van der Waals surface area contributed by atoms with Crippen LogP contribution in [0, 0.1) is 58.7 Å². The lowest BCUT2D eigenvalue weighted by Gasteiger charge is -2.32. The number of benzene rings is 4. The average molecular weight is 1340 g/mol. The molecule has 0 aliphatic carbocycles. The minimum Gasteiger partial charge on any atom is -0.399 e. The first-order chi connectivity index (χ1) is 41.7. The second-order valence-electron chi connectivity index (χ2n) is 23.5. The fourth-order valence-electron chi connectivity index (χ4n) is 6.82. The first-order valence-corrected chi connectivity index (χ1v) is 29.6. The van der Waals surface area contributed by atoms with Gasteiger partial charge in [0.15, 0.2) is 29.6 Å². The number of carbonyl (C=O) groups excluding carboxylic acids is 2. The van der Waals surface area contributed by atoms with E-state index in [0.29, 0.717) is 28.2 Å². The lowest BCUT2D eigenvalue weighted by molar-refractivity contribution is -0.107. The highest BCUT2D eigenvalue weighted by Gasteiger charge is 2.51. The number of aliphatic hydroxyl groups excluding tert-OH is 1. The normalized spacial score (nSPS) is 12.8. The van der Waals surface area contributed by atoms with Crippen LogP contribution in [0.5, 0.6) is 0 Å². The fourth-order valence-corrected chi connectivity index (χ4v) is 7.64. The van der Waals surface area contributed by atoms with E-state index in [0.717, 1.165) is 82.6 Å². The number of rotatable bonds is 8. The summed E-state index contributed by atoms with van der Waals surface area (Å²) in [5.74, 6) is 0. The van der Waals surface area contributed by atoms with E-state index in [-0.39, 0.29) is 18.3 Å². The van der Waals surface area contributed by atoms with E-state index in [4.69, 9.17) is 54.7 Å². The summed E-state index contributed by atoms with van der Waals surface area (Å²) in [6.45, 7) is 51.2. The van der Waals surface area contributed by atoms with Gasteiger partial charge in [0.25, 0.3) is 0 Å². The molecule has 5 N–H and O–H groups in total. The molecule has 16 nitrogen and oxygen atoms in total. The van der Waals surface area contributed by atoms with Crippen molar-refractivity contribution >= 4 is 89.5 Å². The molecule has 0 amide bonds. The Bertz CT molecular complexity index is 3600. The summed E-state index contributed by atoms with van der Waals surface area (Å²) >= 11 is 6.48. The van der Waals surface area contributed by atoms with Crippen molar-refractivity contribution in [2.75, 3.05) is 0 Å². The predicted molar refractivity (Wildman–Crippen MR) is 368 cm³/mol. The second-order valence-corrected chi connectivity index (χ2v) is 25.3. The Hall–Kier alpha value is -7.50. The van der Waals surface area contributed by atoms with Crippen molar-refractivity contribution in [1.82, 2.24) is 15.0 Å². The van der Waals surface area contributed by atoms with Crippen molar-refractivity contribution in [3.63, 3.8) is 0 Å². The van der Waals surface area contributed by atoms with Crippen LogP contribution in [0.15, 0.2) is 137 Å². The highest BCUT2D eigenvalue weighted by molar-refractivity contribution is 9.10. The maximum Gasteiger partial charge on any atom is 0.494 e. The van der Waals surface area contributed by atoms with Gasteiger partial charge in [-0.25, -0.2) is 14.5 Å². The Morgan fingerprint density at radius 1 is 0.578 bits per heavy atom. The van der Waals surface area contributed by atoms with Crippen molar-refractivity contribution in [1.29, 1.82) is 5.26 Å². The van der Waals surface area contributed by atoms with Gasteiger partial charge < -0.3 is 34.8 Å². The molecule has 1 atom stereocenters. The van der Waals surface area contributed by atoms with Gasteiger partial charge in [-0.15, -0.1) is 0 Å². The van der Waals surface area contributed by atoms with Crippen LogP contribution in [-0.4, -0.2) is 109 Å². The SMILES string of the molecule is CC(C)(O)C(C)(C)O.CC(C)(O)C(C)(C)O.Cc1cc(Br)ccc1C#N.O=Cc1ccncc1Br.[B][B].[C-]#[N+]c1ccc(-c2cnccc2C(C)O)cc1C.[C-]#[N+]c1ccc(-c2cnccc2C=O)cc1C.[C-]#[N+]c1ccc(B2OC(C)(C)C(C)(C)O2)cc1C. The number of carbonyl (C=O) groups is 2. The molecule has 4 radical (unpaired) electrons. The van der Waals surface area contributed by atoms with E-state index in [2.05, 4.69) is 82.9 Å². The van der Waals surface area contributed by atoms with E-state index in [1.807, 2.05) is 116 Å². The predicted octanol–water partition coefficient (Wildman–Crippen LogP) is 14.5. The molecule has 1 aliphatic heterocycles. The van der Waals surface area contributed by atoms with E-state index in [1.54, 1.807) is 130 Å². The number of halogens is 2. The Morgan fingerprint density at radius 2 is 0.967 bits per heavy atom. The maximum absolute atomic E-state index is 10.9. The molecule has 90 heavy (non-hydrogen) atoms. The van der Waals surface area contributed by atoms with Crippen LogP contribution in [0.4, 0.5) is 17.1 Å². The quantitative estimate of drug-likeness (QED) is 0.0542. The summed E-state index contributed by atoms with van der Waals surface area (Å²) in [5.41, 5.74) is 8.45. The lowest BCUT2D eigenvalue weighted by atomic mass is 9.78. The van der Waals surface area contributed by atoms with Gasteiger partial charge >= 0.3 is 7.12 Å². The first-order valence-electron chi connectivity index (χ1n) is 28.0. The minimum absolute atomic E-state index is 0.329. The molecular weight excluding hydrogens is 1260 g/mol. The minimum atomic E-state index is -1.01. The third kappa shape index (κ3) is 25.1. The third-order valence-corrected chi connectivity index (χ3v) is 15.8. The van der Waals surface area contributed by atoms with Gasteiger partial charge in [0.2, 0.25) is 0 Å². The summed E-state index contributed by atoms with van der Waals surface area (Å²) < 4.78 is 13.7. The number of aromatic nitrogens is 3. The molecule has 0 saturated carbocycles. The van der Waals surface area contributed by atoms with Gasteiger partial charge in [0.05, 0.1) is 71.1 Å². The van der Waals surface area contributed by atoms with Gasteiger partial charge in [0, 0.05) is 83.9 Å². The van der Waals surface area contributed by atoms with Crippen molar-refractivity contribution < 1.29 is 44.4 Å². The Labute approximate surface area is 552 Å². The summed E-state index contributed by atoms with van der Waals surface area (Å²) in [6, 6.07) is 29.7. The zero-order valence-electron chi connectivity index (χ0n) is 54.3. The number of hydrogen-bond acceptors (Lipinski definition) is 13. The zero-order chi connectivity index (χ0) is 69.2. The molecule has 4 heterocycles. The summed E-state index contributed by atoms with van der Waals surface area (Å²) in [6.07, 6.45) is 10.9. The van der Waals surface area contributed by atoms with Crippen molar-refractivity contribution in [2.45, 2.75) is 157 Å². The molecule has 1 aliphatic rings. The zero-order valence-corrected chi connectivity index (χ0v) is 57.5. The highest BCUT2D eigenvalue weighted by Crippen LogP contribution is 2.37. The largest absolute Gasteiger partial charge is 0.494 e. The summed E-state index contributed by atoms with van der Waals surface area (Å²) in [7, 11) is 7.65. The number of aryl methyl sites for hydroxylation is 4. The highest BCUT2D eigenvalue weighted by atomic mass is 79.9. The van der Waals surface area contributed by atoms with Gasteiger partial charge in [-0.2, -0.15) is 5.26 Å².